The molecule has 2 aromatic carbocycles. The van der Waals surface area contributed by atoms with Gasteiger partial charge in [-0.25, -0.2) is 0 Å². The molecule has 4 aromatic rings. The number of hydrogen-bond donors (Lipinski definition) is 2. The summed E-state index contributed by atoms with van der Waals surface area (Å²) in [4.78, 5) is 26.6. The lowest BCUT2D eigenvalue weighted by molar-refractivity contribution is 0.102. The fraction of sp³-hybridized carbons (Fsp3) is 0.0833. The first-order valence-electron chi connectivity index (χ1n) is 9.80. The van der Waals surface area contributed by atoms with Gasteiger partial charge in [0.25, 0.3) is 11.8 Å². The predicted octanol–water partition coefficient (Wildman–Crippen LogP) is 6.21. The van der Waals surface area contributed by atoms with E-state index in [0.717, 1.165) is 23.3 Å². The zero-order valence-electron chi connectivity index (χ0n) is 16.4. The van der Waals surface area contributed by atoms with Gasteiger partial charge in [0, 0.05) is 17.3 Å². The number of thiophene rings is 2. The molecule has 1 aliphatic rings. The quantitative estimate of drug-likeness (QED) is 0.392. The predicted molar refractivity (Wildman–Crippen MR) is 125 cm³/mol. The molecule has 0 saturated carbocycles. The van der Waals surface area contributed by atoms with Crippen LogP contribution in [0.5, 0.6) is 11.5 Å². The van der Waals surface area contributed by atoms with Crippen molar-refractivity contribution < 1.29 is 14.3 Å². The van der Waals surface area contributed by atoms with Gasteiger partial charge in [0.15, 0.2) is 0 Å². The molecule has 0 fully saturated rings. The zero-order valence-corrected chi connectivity index (χ0v) is 18.0. The van der Waals surface area contributed by atoms with E-state index in [1.54, 1.807) is 18.2 Å². The second-order valence-corrected chi connectivity index (χ2v) is 8.97. The molecule has 0 saturated heterocycles. The Labute approximate surface area is 187 Å². The number of para-hydroxylation sites is 1. The van der Waals surface area contributed by atoms with Gasteiger partial charge >= 0.3 is 0 Å². The summed E-state index contributed by atoms with van der Waals surface area (Å²) in [5.41, 5.74) is 3.23. The summed E-state index contributed by atoms with van der Waals surface area (Å²) in [6, 6.07) is 18.8. The number of amides is 2. The van der Waals surface area contributed by atoms with Crippen LogP contribution in [0.3, 0.4) is 0 Å². The van der Waals surface area contributed by atoms with Crippen LogP contribution in [0.4, 0.5) is 11.4 Å². The average Bonchev–Trinajstić information content (AvgIpc) is 3.46. The Morgan fingerprint density at radius 1 is 0.774 bits per heavy atom. The largest absolute Gasteiger partial charge is 0.457 e. The van der Waals surface area contributed by atoms with E-state index in [4.69, 9.17) is 4.74 Å². The molecule has 0 spiro atoms. The lowest BCUT2D eigenvalue weighted by Crippen LogP contribution is -2.14. The maximum absolute atomic E-state index is 12.8. The first kappa shape index (κ1) is 19.5. The Bertz CT molecular complexity index is 1250. The van der Waals surface area contributed by atoms with Crippen molar-refractivity contribution in [2.45, 2.75) is 12.8 Å². The first-order valence-corrected chi connectivity index (χ1v) is 11.6. The Morgan fingerprint density at radius 3 is 2.19 bits per heavy atom. The smallest absolute Gasteiger partial charge is 0.265 e. The van der Waals surface area contributed by atoms with E-state index in [1.165, 1.54) is 22.7 Å². The van der Waals surface area contributed by atoms with Gasteiger partial charge in [0.05, 0.1) is 15.4 Å². The zero-order chi connectivity index (χ0) is 21.2. The third-order valence-corrected chi connectivity index (χ3v) is 6.78. The van der Waals surface area contributed by atoms with Crippen molar-refractivity contribution >= 4 is 45.9 Å². The minimum absolute atomic E-state index is 0.180. The number of rotatable bonds is 4. The van der Waals surface area contributed by atoms with Gasteiger partial charge in [-0.05, 0) is 53.4 Å². The number of nitrogens with one attached hydrogen (secondary N) is 2. The van der Waals surface area contributed by atoms with E-state index in [1.807, 2.05) is 53.2 Å². The third-order valence-electron chi connectivity index (χ3n) is 5.04. The summed E-state index contributed by atoms with van der Waals surface area (Å²) in [6.45, 7) is 0. The van der Waals surface area contributed by atoms with Crippen LogP contribution in [0.2, 0.25) is 0 Å². The molecule has 2 N–H and O–H groups in total. The van der Waals surface area contributed by atoms with Crippen LogP contribution in [-0.2, 0) is 12.8 Å². The number of fused-ring (bicyclic) bond motifs is 2. The molecule has 2 aromatic heterocycles. The molecular formula is C24H18N2O3S2. The fourth-order valence-electron chi connectivity index (χ4n) is 3.56. The van der Waals surface area contributed by atoms with Crippen LogP contribution in [0.1, 0.15) is 30.5 Å². The second kappa shape index (κ2) is 8.37. The molecular weight excluding hydrogens is 428 g/mol. The molecule has 0 aliphatic carbocycles. The van der Waals surface area contributed by atoms with E-state index in [9.17, 15) is 9.59 Å². The maximum atomic E-state index is 12.8. The van der Waals surface area contributed by atoms with E-state index in [0.29, 0.717) is 33.3 Å². The number of ether oxygens (including phenoxy) is 1. The minimum atomic E-state index is -0.195. The van der Waals surface area contributed by atoms with E-state index >= 15 is 0 Å². The van der Waals surface area contributed by atoms with Gasteiger partial charge in [-0.2, -0.15) is 0 Å². The summed E-state index contributed by atoms with van der Waals surface area (Å²) in [6.07, 6.45) is 1.51. The Kier molecular flexibility index (Phi) is 5.28. The Hall–Kier alpha value is -3.42. The van der Waals surface area contributed by atoms with Crippen molar-refractivity contribution in [3.63, 3.8) is 0 Å². The molecule has 0 radical (unpaired) electrons. The first-order chi connectivity index (χ1) is 15.2. The van der Waals surface area contributed by atoms with Crippen molar-refractivity contribution in [3.05, 3.63) is 92.3 Å². The summed E-state index contributed by atoms with van der Waals surface area (Å²) >= 11 is 2.76. The summed E-state index contributed by atoms with van der Waals surface area (Å²) in [7, 11) is 0. The molecule has 5 rings (SSSR count). The third kappa shape index (κ3) is 4.10. The van der Waals surface area contributed by atoms with Gasteiger partial charge in [-0.3, -0.25) is 9.59 Å². The van der Waals surface area contributed by atoms with Gasteiger partial charge in [-0.15, -0.1) is 22.7 Å². The molecule has 0 unspecified atom stereocenters. The monoisotopic (exact) mass is 446 g/mol. The van der Waals surface area contributed by atoms with Crippen LogP contribution in [0.15, 0.2) is 71.4 Å². The lowest BCUT2D eigenvalue weighted by Gasteiger charge is -2.16. The van der Waals surface area contributed by atoms with Crippen LogP contribution < -0.4 is 15.4 Å². The van der Waals surface area contributed by atoms with Gasteiger partial charge in [-0.1, -0.05) is 30.3 Å². The number of carbonyl (C=O) groups is 2. The molecule has 0 atom stereocenters. The van der Waals surface area contributed by atoms with Crippen LogP contribution >= 0.6 is 22.7 Å². The summed E-state index contributed by atoms with van der Waals surface area (Å²) in [5.74, 6) is 1.05. The topological polar surface area (TPSA) is 67.4 Å². The Morgan fingerprint density at radius 2 is 1.48 bits per heavy atom. The van der Waals surface area contributed by atoms with E-state index < -0.39 is 0 Å². The van der Waals surface area contributed by atoms with Gasteiger partial charge in [0.2, 0.25) is 0 Å². The number of aryl methyl sites for hydroxylation is 1. The highest BCUT2D eigenvalue weighted by atomic mass is 32.1. The molecule has 154 valence electrons. The maximum Gasteiger partial charge on any atom is 0.265 e. The second-order valence-electron chi connectivity index (χ2n) is 7.07. The molecule has 5 nitrogen and oxygen atoms in total. The fourth-order valence-corrected chi connectivity index (χ4v) is 4.80. The van der Waals surface area contributed by atoms with Crippen molar-refractivity contribution in [1.29, 1.82) is 0 Å². The van der Waals surface area contributed by atoms with Crippen molar-refractivity contribution in [2.24, 2.45) is 0 Å². The van der Waals surface area contributed by atoms with Gasteiger partial charge in [0.1, 0.15) is 11.5 Å². The number of anilines is 2. The normalized spacial score (nSPS) is 12.1. The number of carbonyl (C=O) groups excluding carboxylic acids is 2. The van der Waals surface area contributed by atoms with E-state index in [-0.39, 0.29) is 11.8 Å². The summed E-state index contributed by atoms with van der Waals surface area (Å²) in [5, 5.41) is 9.68. The van der Waals surface area contributed by atoms with Crippen molar-refractivity contribution in [2.75, 3.05) is 10.6 Å². The standard InChI is InChI=1S/C24H18N2O3S2/c27-23(21-7-3-11-30-21)25-16-13-18(26-24(28)22-8-4-12-31-22)17-10-9-15-5-1-2-6-19(15)29-20(17)14-16/h1-8,11-14H,9-10H2,(H,25,27)(H,26,28). The molecule has 2 amide bonds. The average molecular weight is 447 g/mol. The number of benzene rings is 2. The molecule has 1 aliphatic heterocycles. The van der Waals surface area contributed by atoms with Crippen LogP contribution in [-0.4, -0.2) is 11.8 Å². The molecule has 31 heavy (non-hydrogen) atoms. The lowest BCUT2D eigenvalue weighted by atomic mass is 10.0. The summed E-state index contributed by atoms with van der Waals surface area (Å²) < 4.78 is 6.23. The molecule has 7 heteroatoms. The van der Waals surface area contributed by atoms with Crippen molar-refractivity contribution in [3.8, 4) is 11.5 Å². The van der Waals surface area contributed by atoms with E-state index in [2.05, 4.69) is 10.6 Å². The number of hydrogen-bond acceptors (Lipinski definition) is 5. The SMILES string of the molecule is O=C(Nc1cc(NC(=O)c2cccs2)c2c(c1)Oc1ccccc1CC2)c1cccs1. The van der Waals surface area contributed by atoms with Crippen LogP contribution in [0, 0.1) is 0 Å². The highest BCUT2D eigenvalue weighted by molar-refractivity contribution is 7.12. The highest BCUT2D eigenvalue weighted by Gasteiger charge is 2.21. The molecule has 0 bridgehead atoms. The van der Waals surface area contributed by atoms with Crippen LogP contribution in [0.25, 0.3) is 0 Å². The Balaban J connectivity index is 1.53. The minimum Gasteiger partial charge on any atom is -0.457 e. The molecule has 3 heterocycles. The van der Waals surface area contributed by atoms with Crippen molar-refractivity contribution in [1.82, 2.24) is 0 Å². The van der Waals surface area contributed by atoms with Gasteiger partial charge < -0.3 is 15.4 Å². The highest BCUT2D eigenvalue weighted by Crippen LogP contribution is 2.40.